The molecule has 1 atom stereocenters. The number of ether oxygens (including phenoxy) is 3. The Bertz CT molecular complexity index is 941. The van der Waals surface area contributed by atoms with E-state index in [9.17, 15) is 0 Å². The molecule has 1 fully saturated rings. The van der Waals surface area contributed by atoms with Crippen LogP contribution in [0.3, 0.4) is 0 Å². The number of aryl methyl sites for hydroxylation is 1. The summed E-state index contributed by atoms with van der Waals surface area (Å²) in [5, 5.41) is 4.83. The van der Waals surface area contributed by atoms with Crippen LogP contribution in [0, 0.1) is 0 Å². The Morgan fingerprint density at radius 1 is 1.35 bits per heavy atom. The number of fused-ring (bicyclic) bond motifs is 1. The van der Waals surface area contributed by atoms with Crippen molar-refractivity contribution >= 4 is 32.7 Å². The van der Waals surface area contributed by atoms with Crippen LogP contribution in [-0.4, -0.2) is 44.1 Å². The van der Waals surface area contributed by atoms with Crippen LogP contribution < -0.4 is 15.2 Å². The standard InChI is InChI=1S/C16H17BrN6O3/c1-23-8-21-12(22-23)6-25-10-4-11(26-9-2-3-24-5-9)14(17)15-13(10)16(18)20-7-19-15/h4,7-9H,2-3,5-6H2,1H3,(H2,18,19,20)/t9-/m1/s1. The van der Waals surface area contributed by atoms with Gasteiger partial charge >= 0.3 is 0 Å². The van der Waals surface area contributed by atoms with Crippen LogP contribution in [0.15, 0.2) is 23.2 Å². The fourth-order valence-corrected chi connectivity index (χ4v) is 3.27. The van der Waals surface area contributed by atoms with E-state index in [0.717, 1.165) is 6.42 Å². The minimum absolute atomic E-state index is 0.00626. The summed E-state index contributed by atoms with van der Waals surface area (Å²) in [4.78, 5) is 12.6. The predicted molar refractivity (Wildman–Crippen MR) is 96.8 cm³/mol. The number of anilines is 1. The molecule has 0 unspecified atom stereocenters. The molecule has 1 saturated heterocycles. The molecule has 2 N–H and O–H groups in total. The highest BCUT2D eigenvalue weighted by molar-refractivity contribution is 9.10. The second kappa shape index (κ2) is 7.04. The van der Waals surface area contributed by atoms with Gasteiger partial charge in [0.25, 0.3) is 0 Å². The fraction of sp³-hybridized carbons (Fsp3) is 0.375. The molecule has 0 aliphatic carbocycles. The lowest BCUT2D eigenvalue weighted by Gasteiger charge is -2.17. The van der Waals surface area contributed by atoms with Crippen molar-refractivity contribution in [1.29, 1.82) is 0 Å². The molecule has 0 bridgehead atoms. The van der Waals surface area contributed by atoms with Gasteiger partial charge in [-0.05, 0) is 15.9 Å². The first-order valence-electron chi connectivity index (χ1n) is 8.06. The maximum Gasteiger partial charge on any atom is 0.188 e. The van der Waals surface area contributed by atoms with Crippen molar-refractivity contribution in [3.8, 4) is 11.5 Å². The van der Waals surface area contributed by atoms with E-state index in [4.69, 9.17) is 19.9 Å². The fourth-order valence-electron chi connectivity index (χ4n) is 2.76. The third-order valence-corrected chi connectivity index (χ3v) is 4.76. The van der Waals surface area contributed by atoms with E-state index in [1.165, 1.54) is 6.33 Å². The summed E-state index contributed by atoms with van der Waals surface area (Å²) in [6, 6.07) is 1.79. The van der Waals surface area contributed by atoms with Gasteiger partial charge in [0.1, 0.15) is 42.7 Å². The molecule has 9 nitrogen and oxygen atoms in total. The normalized spacial score (nSPS) is 16.9. The molecule has 10 heteroatoms. The van der Waals surface area contributed by atoms with Crippen molar-refractivity contribution < 1.29 is 14.2 Å². The molecule has 1 aliphatic heterocycles. The largest absolute Gasteiger partial charge is 0.487 e. The van der Waals surface area contributed by atoms with E-state index >= 15 is 0 Å². The first-order chi connectivity index (χ1) is 12.6. The SMILES string of the molecule is Cn1cnc(COc2cc(O[C@@H]3CCOC3)c(Br)c3ncnc(N)c23)n1. The summed E-state index contributed by atoms with van der Waals surface area (Å²) in [6.45, 7) is 1.45. The number of aromatic nitrogens is 5. The van der Waals surface area contributed by atoms with Crippen molar-refractivity contribution in [2.75, 3.05) is 18.9 Å². The highest BCUT2D eigenvalue weighted by Crippen LogP contribution is 2.41. The van der Waals surface area contributed by atoms with Gasteiger partial charge in [0.05, 0.1) is 28.6 Å². The van der Waals surface area contributed by atoms with Gasteiger partial charge in [-0.15, -0.1) is 0 Å². The lowest BCUT2D eigenvalue weighted by atomic mass is 10.2. The molecule has 2 aromatic heterocycles. The minimum atomic E-state index is -0.00626. The molecule has 1 aromatic carbocycles. The molecular weight excluding hydrogens is 404 g/mol. The number of hydrogen-bond donors (Lipinski definition) is 1. The van der Waals surface area contributed by atoms with Gasteiger partial charge in [0.2, 0.25) is 0 Å². The van der Waals surface area contributed by atoms with Gasteiger partial charge in [0.15, 0.2) is 5.82 Å². The zero-order chi connectivity index (χ0) is 18.1. The highest BCUT2D eigenvalue weighted by Gasteiger charge is 2.22. The van der Waals surface area contributed by atoms with Gasteiger partial charge in [0, 0.05) is 19.5 Å². The van der Waals surface area contributed by atoms with E-state index in [2.05, 4.69) is 36.0 Å². The zero-order valence-corrected chi connectivity index (χ0v) is 15.6. The van der Waals surface area contributed by atoms with E-state index in [-0.39, 0.29) is 12.7 Å². The average molecular weight is 421 g/mol. The second-order valence-electron chi connectivity index (χ2n) is 5.90. The lowest BCUT2D eigenvalue weighted by molar-refractivity contribution is 0.140. The molecule has 1 aliphatic rings. The zero-order valence-electron chi connectivity index (χ0n) is 14.1. The Balaban J connectivity index is 1.71. The monoisotopic (exact) mass is 420 g/mol. The summed E-state index contributed by atoms with van der Waals surface area (Å²) < 4.78 is 19.7. The number of nitrogens with two attached hydrogens (primary N) is 1. The molecule has 4 rings (SSSR count). The van der Waals surface area contributed by atoms with Crippen molar-refractivity contribution in [3.63, 3.8) is 0 Å². The van der Waals surface area contributed by atoms with Crippen molar-refractivity contribution in [3.05, 3.63) is 29.0 Å². The number of halogens is 1. The Morgan fingerprint density at radius 2 is 2.23 bits per heavy atom. The van der Waals surface area contributed by atoms with E-state index in [1.807, 2.05) is 0 Å². The van der Waals surface area contributed by atoms with E-state index in [1.54, 1.807) is 24.1 Å². The molecule has 0 saturated carbocycles. The lowest BCUT2D eigenvalue weighted by Crippen LogP contribution is -2.16. The predicted octanol–water partition coefficient (Wildman–Crippen LogP) is 1.85. The van der Waals surface area contributed by atoms with Crippen LogP contribution in [0.4, 0.5) is 5.82 Å². The average Bonchev–Trinajstić information content (AvgIpc) is 3.28. The molecule has 136 valence electrons. The maximum atomic E-state index is 6.06. The quantitative estimate of drug-likeness (QED) is 0.665. The van der Waals surface area contributed by atoms with E-state index in [0.29, 0.717) is 51.7 Å². The molecule has 0 radical (unpaired) electrons. The number of nitrogens with zero attached hydrogens (tertiary/aromatic N) is 5. The molecule has 26 heavy (non-hydrogen) atoms. The van der Waals surface area contributed by atoms with Crippen molar-refractivity contribution in [2.24, 2.45) is 7.05 Å². The first kappa shape index (κ1) is 17.0. The van der Waals surface area contributed by atoms with Crippen molar-refractivity contribution in [2.45, 2.75) is 19.1 Å². The van der Waals surface area contributed by atoms with E-state index < -0.39 is 0 Å². The molecule has 3 aromatic rings. The molecular formula is C16H17BrN6O3. The Morgan fingerprint density at radius 3 is 2.96 bits per heavy atom. The van der Waals surface area contributed by atoms with Crippen LogP contribution >= 0.6 is 15.9 Å². The molecule has 0 spiro atoms. The van der Waals surface area contributed by atoms with Gasteiger partial charge < -0.3 is 19.9 Å². The van der Waals surface area contributed by atoms with Crippen LogP contribution in [0.1, 0.15) is 12.2 Å². The summed E-state index contributed by atoms with van der Waals surface area (Å²) in [5.41, 5.74) is 6.69. The Hall–Kier alpha value is -2.46. The molecule has 3 heterocycles. The Labute approximate surface area is 157 Å². The molecule has 0 amide bonds. The minimum Gasteiger partial charge on any atom is -0.487 e. The first-order valence-corrected chi connectivity index (χ1v) is 8.85. The topological polar surface area (TPSA) is 110 Å². The van der Waals surface area contributed by atoms with Crippen LogP contribution in [0.5, 0.6) is 11.5 Å². The summed E-state index contributed by atoms with van der Waals surface area (Å²) in [5.74, 6) is 2.03. The number of hydrogen-bond acceptors (Lipinski definition) is 8. The van der Waals surface area contributed by atoms with Crippen LogP contribution in [-0.2, 0) is 18.4 Å². The third kappa shape index (κ3) is 3.29. The summed E-state index contributed by atoms with van der Waals surface area (Å²) >= 11 is 3.56. The van der Waals surface area contributed by atoms with Gasteiger partial charge in [-0.25, -0.2) is 15.0 Å². The van der Waals surface area contributed by atoms with Crippen molar-refractivity contribution in [1.82, 2.24) is 24.7 Å². The third-order valence-electron chi connectivity index (χ3n) is 3.99. The number of rotatable bonds is 5. The number of nitrogen functional groups attached to an aromatic ring is 1. The maximum absolute atomic E-state index is 6.06. The van der Waals surface area contributed by atoms with Crippen LogP contribution in [0.2, 0.25) is 0 Å². The smallest absolute Gasteiger partial charge is 0.188 e. The Kier molecular flexibility index (Phi) is 4.60. The van der Waals surface area contributed by atoms with Crippen LogP contribution in [0.25, 0.3) is 10.9 Å². The second-order valence-corrected chi connectivity index (χ2v) is 6.69. The highest BCUT2D eigenvalue weighted by atomic mass is 79.9. The van der Waals surface area contributed by atoms with Gasteiger partial charge in [-0.2, -0.15) is 5.10 Å². The summed E-state index contributed by atoms with van der Waals surface area (Å²) in [6.07, 6.45) is 3.86. The van der Waals surface area contributed by atoms with Gasteiger partial charge in [-0.3, -0.25) is 4.68 Å². The summed E-state index contributed by atoms with van der Waals surface area (Å²) in [7, 11) is 1.80. The number of benzene rings is 1. The van der Waals surface area contributed by atoms with Gasteiger partial charge in [-0.1, -0.05) is 0 Å².